The van der Waals surface area contributed by atoms with E-state index < -0.39 is 17.7 Å². The van der Waals surface area contributed by atoms with E-state index in [1.54, 1.807) is 13.8 Å². The van der Waals surface area contributed by atoms with Crippen molar-refractivity contribution in [3.8, 4) is 0 Å². The number of halogens is 2. The normalized spacial score (nSPS) is 14.4. The summed E-state index contributed by atoms with van der Waals surface area (Å²) in [5, 5.41) is 12.2. The van der Waals surface area contributed by atoms with E-state index in [9.17, 15) is 13.9 Å². The zero-order chi connectivity index (χ0) is 14.4. The molecule has 0 amide bonds. The first kappa shape index (κ1) is 16.4. The van der Waals surface area contributed by atoms with Gasteiger partial charge in [-0.1, -0.05) is 13.8 Å². The Labute approximate surface area is 117 Å². The third kappa shape index (κ3) is 5.09. The topological polar surface area (TPSA) is 32.3 Å². The summed E-state index contributed by atoms with van der Waals surface area (Å²) in [6.07, 6.45) is 0.361. The molecule has 2 unspecified atom stereocenters. The van der Waals surface area contributed by atoms with Crippen molar-refractivity contribution in [2.24, 2.45) is 0 Å². The van der Waals surface area contributed by atoms with E-state index in [2.05, 4.69) is 5.32 Å². The molecule has 5 heteroatoms. The fourth-order valence-corrected chi connectivity index (χ4v) is 2.43. The van der Waals surface area contributed by atoms with Crippen LogP contribution in [-0.2, 0) is 6.54 Å². The van der Waals surface area contributed by atoms with Crippen molar-refractivity contribution in [1.29, 1.82) is 0 Å². The molecular weight excluding hydrogens is 268 g/mol. The number of hydrogen-bond donors (Lipinski definition) is 2. The van der Waals surface area contributed by atoms with Crippen LogP contribution in [0.1, 0.15) is 32.8 Å². The maximum absolute atomic E-state index is 13.9. The lowest BCUT2D eigenvalue weighted by Crippen LogP contribution is -2.16. The molecule has 0 aliphatic rings. The van der Waals surface area contributed by atoms with Gasteiger partial charge in [-0.05, 0) is 37.6 Å². The van der Waals surface area contributed by atoms with Crippen molar-refractivity contribution in [1.82, 2.24) is 5.32 Å². The first-order valence-electron chi connectivity index (χ1n) is 6.49. The SMILES string of the molecule is CCCNCc1cc(F)c(SC(C)C(C)O)c(F)c1. The van der Waals surface area contributed by atoms with Crippen LogP contribution in [0.5, 0.6) is 0 Å². The van der Waals surface area contributed by atoms with E-state index in [1.165, 1.54) is 12.1 Å². The second-order valence-corrected chi connectivity index (χ2v) is 6.02. The summed E-state index contributed by atoms with van der Waals surface area (Å²) in [7, 11) is 0. The first-order chi connectivity index (χ1) is 8.95. The number of nitrogens with one attached hydrogen (secondary N) is 1. The van der Waals surface area contributed by atoms with Gasteiger partial charge in [-0.25, -0.2) is 8.78 Å². The van der Waals surface area contributed by atoms with Gasteiger partial charge in [0.2, 0.25) is 0 Å². The van der Waals surface area contributed by atoms with Crippen molar-refractivity contribution in [2.75, 3.05) is 6.54 Å². The summed E-state index contributed by atoms with van der Waals surface area (Å²) in [6, 6.07) is 2.70. The highest BCUT2D eigenvalue weighted by molar-refractivity contribution is 8.00. The van der Waals surface area contributed by atoms with E-state index in [1.807, 2.05) is 6.92 Å². The molecule has 0 spiro atoms. The van der Waals surface area contributed by atoms with Crippen molar-refractivity contribution in [3.05, 3.63) is 29.3 Å². The van der Waals surface area contributed by atoms with Gasteiger partial charge in [0.1, 0.15) is 11.6 Å². The summed E-state index contributed by atoms with van der Waals surface area (Å²) in [5.74, 6) is -1.13. The van der Waals surface area contributed by atoms with E-state index in [0.717, 1.165) is 24.7 Å². The minimum Gasteiger partial charge on any atom is -0.392 e. The lowest BCUT2D eigenvalue weighted by Gasteiger charge is -2.15. The second-order valence-electron chi connectivity index (χ2n) is 4.63. The Morgan fingerprint density at radius 1 is 1.26 bits per heavy atom. The molecule has 0 aliphatic carbocycles. The maximum Gasteiger partial charge on any atom is 0.140 e. The van der Waals surface area contributed by atoms with Gasteiger partial charge >= 0.3 is 0 Å². The van der Waals surface area contributed by atoms with Crippen LogP contribution < -0.4 is 5.32 Å². The van der Waals surface area contributed by atoms with Gasteiger partial charge in [0, 0.05) is 11.8 Å². The molecule has 0 radical (unpaired) electrons. The van der Waals surface area contributed by atoms with Crippen LogP contribution in [0.15, 0.2) is 17.0 Å². The number of rotatable bonds is 7. The predicted octanol–water partition coefficient (Wildman–Crippen LogP) is 3.33. The Balaban J connectivity index is 2.79. The number of hydrogen-bond acceptors (Lipinski definition) is 3. The molecular formula is C14H21F2NOS. The van der Waals surface area contributed by atoms with Gasteiger partial charge < -0.3 is 10.4 Å². The molecule has 2 nitrogen and oxygen atoms in total. The molecule has 0 aromatic heterocycles. The predicted molar refractivity (Wildman–Crippen MR) is 75.4 cm³/mol. The van der Waals surface area contributed by atoms with Gasteiger partial charge in [0.25, 0.3) is 0 Å². The molecule has 0 fully saturated rings. The molecule has 1 aromatic carbocycles. The molecule has 1 rings (SSSR count). The van der Waals surface area contributed by atoms with E-state index >= 15 is 0 Å². The van der Waals surface area contributed by atoms with Crippen LogP contribution in [0.25, 0.3) is 0 Å². The zero-order valence-corrected chi connectivity index (χ0v) is 12.4. The van der Waals surface area contributed by atoms with E-state index in [0.29, 0.717) is 12.1 Å². The van der Waals surface area contributed by atoms with Gasteiger partial charge in [-0.3, -0.25) is 0 Å². The molecule has 0 bridgehead atoms. The molecule has 19 heavy (non-hydrogen) atoms. The summed E-state index contributed by atoms with van der Waals surface area (Å²) in [5.41, 5.74) is 0.595. The summed E-state index contributed by atoms with van der Waals surface area (Å²) >= 11 is 1.02. The van der Waals surface area contributed by atoms with Crippen LogP contribution in [0.3, 0.4) is 0 Å². The molecule has 0 aliphatic heterocycles. The largest absolute Gasteiger partial charge is 0.392 e. The minimum absolute atomic E-state index is 0.0207. The fourth-order valence-electron chi connectivity index (χ4n) is 1.52. The monoisotopic (exact) mass is 289 g/mol. The van der Waals surface area contributed by atoms with Crippen molar-refractivity contribution in [3.63, 3.8) is 0 Å². The van der Waals surface area contributed by atoms with Gasteiger partial charge in [0.15, 0.2) is 0 Å². The van der Waals surface area contributed by atoms with Crippen LogP contribution in [-0.4, -0.2) is 23.0 Å². The van der Waals surface area contributed by atoms with Crippen LogP contribution in [0.4, 0.5) is 8.78 Å². The lowest BCUT2D eigenvalue weighted by atomic mass is 10.2. The molecule has 108 valence electrons. The fraction of sp³-hybridized carbons (Fsp3) is 0.571. The maximum atomic E-state index is 13.9. The van der Waals surface area contributed by atoms with E-state index in [-0.39, 0.29) is 10.1 Å². The number of aliphatic hydroxyl groups excluding tert-OH is 1. The second kappa shape index (κ2) is 7.82. The van der Waals surface area contributed by atoms with Crippen molar-refractivity contribution in [2.45, 2.75) is 50.0 Å². The highest BCUT2D eigenvalue weighted by atomic mass is 32.2. The quantitative estimate of drug-likeness (QED) is 0.596. The standard InChI is InChI=1S/C14H21F2NOS/c1-4-5-17-8-11-6-12(15)14(13(16)7-11)19-10(3)9(2)18/h6-7,9-10,17-18H,4-5,8H2,1-3H3. The summed E-state index contributed by atoms with van der Waals surface area (Å²) in [4.78, 5) is -0.0207. The summed E-state index contributed by atoms with van der Waals surface area (Å²) in [6.45, 7) is 6.66. The Morgan fingerprint density at radius 3 is 2.32 bits per heavy atom. The average molecular weight is 289 g/mol. The summed E-state index contributed by atoms with van der Waals surface area (Å²) < 4.78 is 27.7. The third-order valence-electron chi connectivity index (χ3n) is 2.80. The Bertz CT molecular complexity index is 389. The smallest absolute Gasteiger partial charge is 0.140 e. The molecule has 0 heterocycles. The molecule has 0 saturated carbocycles. The lowest BCUT2D eigenvalue weighted by molar-refractivity contribution is 0.196. The molecule has 0 saturated heterocycles. The van der Waals surface area contributed by atoms with Gasteiger partial charge in [0.05, 0.1) is 11.0 Å². The van der Waals surface area contributed by atoms with Crippen LogP contribution in [0.2, 0.25) is 0 Å². The molecule has 1 aromatic rings. The highest BCUT2D eigenvalue weighted by Gasteiger charge is 2.17. The minimum atomic E-state index is -0.616. The number of thioether (sulfide) groups is 1. The van der Waals surface area contributed by atoms with Gasteiger partial charge in [-0.15, -0.1) is 11.8 Å². The van der Waals surface area contributed by atoms with Gasteiger partial charge in [-0.2, -0.15) is 0 Å². The zero-order valence-electron chi connectivity index (χ0n) is 11.5. The Kier molecular flexibility index (Phi) is 6.75. The molecule has 2 atom stereocenters. The first-order valence-corrected chi connectivity index (χ1v) is 7.37. The average Bonchev–Trinajstić information content (AvgIpc) is 2.33. The van der Waals surface area contributed by atoms with Crippen LogP contribution >= 0.6 is 11.8 Å². The Hall–Kier alpha value is -0.650. The Morgan fingerprint density at radius 2 is 1.84 bits per heavy atom. The third-order valence-corrected chi connectivity index (χ3v) is 4.19. The van der Waals surface area contributed by atoms with Crippen LogP contribution in [0, 0.1) is 11.6 Å². The number of aliphatic hydroxyl groups is 1. The highest BCUT2D eigenvalue weighted by Crippen LogP contribution is 2.31. The van der Waals surface area contributed by atoms with Crippen molar-refractivity contribution >= 4 is 11.8 Å². The number of benzene rings is 1. The van der Waals surface area contributed by atoms with Crippen molar-refractivity contribution < 1.29 is 13.9 Å². The molecule has 2 N–H and O–H groups in total. The van der Waals surface area contributed by atoms with E-state index in [4.69, 9.17) is 0 Å².